The normalized spacial score (nSPS) is 12.5. The Balaban J connectivity index is 2.03. The van der Waals surface area contributed by atoms with E-state index in [9.17, 15) is 8.42 Å². The van der Waals surface area contributed by atoms with Gasteiger partial charge in [0.15, 0.2) is 0 Å². The van der Waals surface area contributed by atoms with Gasteiger partial charge in [-0.15, -0.1) is 0 Å². The van der Waals surface area contributed by atoms with E-state index in [2.05, 4.69) is 0 Å². The molecule has 0 saturated carbocycles. The lowest BCUT2D eigenvalue weighted by molar-refractivity contribution is 0.508. The van der Waals surface area contributed by atoms with Gasteiger partial charge in [0.1, 0.15) is 4.90 Å². The minimum absolute atomic E-state index is 0.0488. The van der Waals surface area contributed by atoms with E-state index < -0.39 is 20.4 Å². The topological polar surface area (TPSA) is 43.4 Å². The first-order valence-corrected chi connectivity index (χ1v) is 13.5. The third-order valence-electron chi connectivity index (χ3n) is 4.86. The van der Waals surface area contributed by atoms with Gasteiger partial charge in [0, 0.05) is 19.7 Å². The zero-order chi connectivity index (χ0) is 22.8. The van der Waals surface area contributed by atoms with Crippen LogP contribution in [0.1, 0.15) is 5.56 Å². The Morgan fingerprint density at radius 2 is 1.16 bits per heavy atom. The van der Waals surface area contributed by atoms with Crippen LogP contribution in [0.5, 0.6) is 0 Å². The molecule has 164 valence electrons. The van der Waals surface area contributed by atoms with Gasteiger partial charge >= 0.3 is 10.1 Å². The van der Waals surface area contributed by atoms with E-state index in [1.54, 1.807) is 0 Å². The molecule has 0 aromatic heterocycles. The molecule has 7 heteroatoms. The Hall–Kier alpha value is -2.28. The lowest BCUT2D eigenvalue weighted by Gasteiger charge is -2.39. The molecule has 0 N–H and O–H groups in total. The fourth-order valence-electron chi connectivity index (χ4n) is 3.32. The highest BCUT2D eigenvalue weighted by Gasteiger charge is 2.38. The highest BCUT2D eigenvalue weighted by atomic mass is 35.5. The van der Waals surface area contributed by atoms with E-state index in [1.165, 1.54) is 18.2 Å². The number of benzene rings is 4. The summed E-state index contributed by atoms with van der Waals surface area (Å²) >= 11 is 12.4. The molecule has 0 saturated heterocycles. The molecule has 3 nitrogen and oxygen atoms in total. The quantitative estimate of drug-likeness (QED) is 0.269. The highest BCUT2D eigenvalue weighted by molar-refractivity contribution is 8.33. The van der Waals surface area contributed by atoms with Gasteiger partial charge in [-0.05, 0) is 71.8 Å². The summed E-state index contributed by atoms with van der Waals surface area (Å²) in [5.74, 6) is 0. The van der Waals surface area contributed by atoms with Crippen molar-refractivity contribution in [2.45, 2.75) is 26.5 Å². The Morgan fingerprint density at radius 3 is 1.69 bits per heavy atom. The summed E-state index contributed by atoms with van der Waals surface area (Å²) in [6, 6.07) is 30.8. The van der Waals surface area contributed by atoms with Gasteiger partial charge in [-0.25, -0.2) is 3.63 Å². The van der Waals surface area contributed by atoms with Gasteiger partial charge in [0.05, 0.1) is 5.02 Å². The van der Waals surface area contributed by atoms with Gasteiger partial charge in [-0.2, -0.15) is 8.42 Å². The van der Waals surface area contributed by atoms with Crippen LogP contribution >= 0.6 is 33.5 Å². The number of hydrogen-bond donors (Lipinski definition) is 0. The van der Waals surface area contributed by atoms with E-state index in [1.807, 2.05) is 91.9 Å². The molecule has 0 bridgehead atoms. The van der Waals surface area contributed by atoms with Gasteiger partial charge in [0.25, 0.3) is 0 Å². The molecule has 0 unspecified atom stereocenters. The van der Waals surface area contributed by atoms with Gasteiger partial charge < -0.3 is 0 Å². The van der Waals surface area contributed by atoms with Gasteiger partial charge in [-0.3, -0.25) is 0 Å². The average molecular weight is 503 g/mol. The van der Waals surface area contributed by atoms with Crippen LogP contribution in [-0.2, 0) is 13.7 Å². The summed E-state index contributed by atoms with van der Waals surface area (Å²) < 4.78 is 33.6. The summed E-state index contributed by atoms with van der Waals surface area (Å²) in [4.78, 5) is 2.08. The van der Waals surface area contributed by atoms with Crippen LogP contribution in [0.3, 0.4) is 0 Å². The molecule has 4 aromatic carbocycles. The lowest BCUT2D eigenvalue weighted by atomic mass is 10.2. The van der Waals surface area contributed by atoms with Crippen molar-refractivity contribution in [3.63, 3.8) is 0 Å². The van der Waals surface area contributed by atoms with Crippen LogP contribution in [-0.4, -0.2) is 8.42 Å². The van der Waals surface area contributed by atoms with Crippen LogP contribution in [0.15, 0.2) is 123 Å². The SMILES string of the molecule is Cc1ccc(S(OS(=O)(=O)c2cc(Cl)ccc2Cl)(c2ccccc2)c2ccccc2)cc1. The molecule has 0 aliphatic carbocycles. The van der Waals surface area contributed by atoms with Crippen molar-refractivity contribution in [3.05, 3.63) is 119 Å². The monoisotopic (exact) mass is 502 g/mol. The summed E-state index contributed by atoms with van der Waals surface area (Å²) in [5.41, 5.74) is 1.06. The van der Waals surface area contributed by atoms with Crippen molar-refractivity contribution >= 4 is 43.6 Å². The largest absolute Gasteiger partial charge is 0.308 e. The fraction of sp³-hybridized carbons (Fsp3) is 0.0400. The third-order valence-corrected chi connectivity index (χ3v) is 10.8. The summed E-state index contributed by atoms with van der Waals surface area (Å²) in [6.45, 7) is 1.98. The van der Waals surface area contributed by atoms with E-state index in [0.29, 0.717) is 0 Å². The highest BCUT2D eigenvalue weighted by Crippen LogP contribution is 2.70. The van der Waals surface area contributed by atoms with Crippen molar-refractivity contribution in [3.8, 4) is 0 Å². The summed E-state index contributed by atoms with van der Waals surface area (Å²) in [7, 11) is -6.98. The Morgan fingerprint density at radius 1 is 0.656 bits per heavy atom. The Labute approximate surface area is 200 Å². The molecule has 0 aliphatic heterocycles. The molecule has 32 heavy (non-hydrogen) atoms. The molecule has 4 aromatic rings. The summed E-state index contributed by atoms with van der Waals surface area (Å²) in [5, 5.41) is 0.305. The van der Waals surface area contributed by atoms with E-state index >= 15 is 0 Å². The predicted molar refractivity (Wildman–Crippen MR) is 131 cm³/mol. The zero-order valence-electron chi connectivity index (χ0n) is 17.1. The van der Waals surface area contributed by atoms with Crippen molar-refractivity contribution in [2.24, 2.45) is 0 Å². The minimum atomic E-state index is -4.31. The number of hydrogen-bond acceptors (Lipinski definition) is 3. The maximum Gasteiger partial charge on any atom is 0.308 e. The van der Waals surface area contributed by atoms with Crippen molar-refractivity contribution in [2.75, 3.05) is 0 Å². The first-order valence-electron chi connectivity index (χ1n) is 9.74. The second-order valence-corrected chi connectivity index (χ2v) is 12.4. The molecule has 0 spiro atoms. The maximum atomic E-state index is 13.7. The van der Waals surface area contributed by atoms with Gasteiger partial charge in [0.2, 0.25) is 0 Å². The smallest absolute Gasteiger partial charge is 0.203 e. The van der Waals surface area contributed by atoms with Crippen LogP contribution in [0.25, 0.3) is 0 Å². The van der Waals surface area contributed by atoms with E-state index in [0.717, 1.165) is 20.2 Å². The van der Waals surface area contributed by atoms with Crippen molar-refractivity contribution < 1.29 is 12.0 Å². The first kappa shape index (κ1) is 22.9. The van der Waals surface area contributed by atoms with Crippen LogP contribution < -0.4 is 0 Å². The third kappa shape index (κ3) is 4.45. The molecule has 0 heterocycles. The molecule has 4 rings (SSSR count). The molecular weight excluding hydrogens is 483 g/mol. The predicted octanol–water partition coefficient (Wildman–Crippen LogP) is 7.90. The standard InChI is InChI=1S/C25H20Cl2O3S2/c1-19-12-15-23(16-13-19)31(21-8-4-2-5-9-21,22-10-6-3-7-11-22)30-32(28,29)25-18-20(26)14-17-24(25)27/h2-18H,1H3. The minimum Gasteiger partial charge on any atom is -0.203 e. The second kappa shape index (κ2) is 9.30. The Kier molecular flexibility index (Phi) is 6.65. The van der Waals surface area contributed by atoms with Crippen molar-refractivity contribution in [1.82, 2.24) is 0 Å². The van der Waals surface area contributed by atoms with Crippen LogP contribution in [0.4, 0.5) is 0 Å². The van der Waals surface area contributed by atoms with E-state index in [-0.39, 0.29) is 14.9 Å². The molecule has 0 amide bonds. The molecule has 0 atom stereocenters. The van der Waals surface area contributed by atoms with Gasteiger partial charge in [-0.1, -0.05) is 77.3 Å². The van der Waals surface area contributed by atoms with Crippen molar-refractivity contribution in [1.29, 1.82) is 0 Å². The molecule has 0 aliphatic rings. The molecule has 0 fully saturated rings. The number of halogens is 2. The second-order valence-electron chi connectivity index (χ2n) is 7.09. The summed E-state index contributed by atoms with van der Waals surface area (Å²) in [6.07, 6.45) is 0. The van der Waals surface area contributed by atoms with Crippen LogP contribution in [0, 0.1) is 6.92 Å². The average Bonchev–Trinajstić information content (AvgIpc) is 2.81. The Bertz CT molecular complexity index is 1290. The van der Waals surface area contributed by atoms with Crippen LogP contribution in [0.2, 0.25) is 10.0 Å². The molecule has 0 radical (unpaired) electrons. The lowest BCUT2D eigenvalue weighted by Crippen LogP contribution is -2.15. The number of rotatable bonds is 6. The fourth-order valence-corrected chi connectivity index (χ4v) is 9.26. The first-order chi connectivity index (χ1) is 15.3. The number of aryl methyl sites for hydroxylation is 1. The zero-order valence-corrected chi connectivity index (χ0v) is 20.3. The van der Waals surface area contributed by atoms with E-state index in [4.69, 9.17) is 26.8 Å². The molecular formula is C25H20Cl2O3S2. The maximum absolute atomic E-state index is 13.7.